The zero-order chi connectivity index (χ0) is 20.9. The van der Waals surface area contributed by atoms with Crippen LogP contribution < -0.4 is 10.6 Å². The lowest BCUT2D eigenvalue weighted by Gasteiger charge is -2.12. The Morgan fingerprint density at radius 1 is 0.964 bits per heavy atom. The van der Waals surface area contributed by atoms with Crippen LogP contribution in [0.3, 0.4) is 0 Å². The third-order valence-corrected chi connectivity index (χ3v) is 4.28. The van der Waals surface area contributed by atoms with Crippen molar-refractivity contribution in [2.45, 2.75) is 19.0 Å². The van der Waals surface area contributed by atoms with Gasteiger partial charge in [-0.1, -0.05) is 12.1 Å². The maximum Gasteiger partial charge on any atom is 0.416 e. The van der Waals surface area contributed by atoms with Gasteiger partial charge < -0.3 is 15.7 Å². The highest BCUT2D eigenvalue weighted by Crippen LogP contribution is 2.33. The van der Waals surface area contributed by atoms with Crippen molar-refractivity contribution in [2.24, 2.45) is 0 Å². The Morgan fingerprint density at radius 2 is 1.57 bits per heavy atom. The zero-order valence-corrected chi connectivity index (χ0v) is 15.7. The Morgan fingerprint density at radius 3 is 2.14 bits per heavy atom. The fraction of sp³-hybridized carbons (Fsp3) is 0.167. The number of anilines is 2. The molecule has 0 aromatic heterocycles. The van der Waals surface area contributed by atoms with Gasteiger partial charge in [0.2, 0.25) is 0 Å². The molecule has 0 saturated carbocycles. The highest BCUT2D eigenvalue weighted by atomic mass is 79.9. The second-order valence-electron chi connectivity index (χ2n) is 5.69. The van der Waals surface area contributed by atoms with Gasteiger partial charge in [-0.15, -0.1) is 0 Å². The normalized spacial score (nSPS) is 11.0. The smallest absolute Gasteiger partial charge is 0.416 e. The van der Waals surface area contributed by atoms with Crippen LogP contribution in [0, 0.1) is 0 Å². The monoisotopic (exact) mass is 458 g/mol. The van der Waals surface area contributed by atoms with Crippen LogP contribution in [0.25, 0.3) is 0 Å². The van der Waals surface area contributed by atoms with E-state index < -0.39 is 29.5 Å². The Hall–Kier alpha value is -2.88. The van der Waals surface area contributed by atoms with E-state index in [1.807, 2.05) is 0 Å². The fourth-order valence-corrected chi connectivity index (χ4v) is 2.52. The summed E-state index contributed by atoms with van der Waals surface area (Å²) in [5, 5.41) is 13.1. The summed E-state index contributed by atoms with van der Waals surface area (Å²) >= 11 is 3.02. The molecule has 6 nitrogen and oxygen atoms in total. The van der Waals surface area contributed by atoms with E-state index in [9.17, 15) is 27.6 Å². The summed E-state index contributed by atoms with van der Waals surface area (Å²) in [6.45, 7) is 0. The molecule has 0 atom stereocenters. The molecular weight excluding hydrogens is 445 g/mol. The van der Waals surface area contributed by atoms with Gasteiger partial charge in [0.15, 0.2) is 0 Å². The van der Waals surface area contributed by atoms with Crippen LogP contribution in [0.2, 0.25) is 0 Å². The van der Waals surface area contributed by atoms with Crippen LogP contribution in [0.5, 0.6) is 0 Å². The van der Waals surface area contributed by atoms with Crippen molar-refractivity contribution in [3.05, 3.63) is 58.1 Å². The van der Waals surface area contributed by atoms with Gasteiger partial charge >= 0.3 is 24.0 Å². The number of benzene rings is 2. The number of aliphatic carboxylic acids is 1. The van der Waals surface area contributed by atoms with Crippen molar-refractivity contribution in [3.8, 4) is 0 Å². The Balaban J connectivity index is 2.01. The van der Waals surface area contributed by atoms with Crippen molar-refractivity contribution in [1.82, 2.24) is 0 Å². The first kappa shape index (κ1) is 21.4. The minimum absolute atomic E-state index is 0.0417. The van der Waals surface area contributed by atoms with Gasteiger partial charge in [0.25, 0.3) is 0 Å². The van der Waals surface area contributed by atoms with E-state index in [4.69, 9.17) is 5.11 Å². The van der Waals surface area contributed by atoms with Crippen molar-refractivity contribution < 1.29 is 32.7 Å². The highest BCUT2D eigenvalue weighted by molar-refractivity contribution is 9.10. The van der Waals surface area contributed by atoms with Crippen molar-refractivity contribution in [2.75, 3.05) is 10.6 Å². The van der Waals surface area contributed by atoms with Crippen molar-refractivity contribution in [1.29, 1.82) is 0 Å². The number of hydrogen-bond donors (Lipinski definition) is 3. The molecule has 0 unspecified atom stereocenters. The molecule has 10 heteroatoms. The third kappa shape index (κ3) is 6.08. The second kappa shape index (κ2) is 8.87. The summed E-state index contributed by atoms with van der Waals surface area (Å²) in [5.41, 5.74) is -0.151. The van der Waals surface area contributed by atoms with Crippen LogP contribution in [0.1, 0.15) is 17.5 Å². The zero-order valence-electron chi connectivity index (χ0n) is 14.1. The molecular formula is C18H14BrF3N2O4. The van der Waals surface area contributed by atoms with E-state index in [0.29, 0.717) is 12.5 Å². The molecule has 0 aliphatic carbocycles. The summed E-state index contributed by atoms with van der Waals surface area (Å²) in [7, 11) is 0. The van der Waals surface area contributed by atoms with Gasteiger partial charge in [-0.05, 0) is 58.2 Å². The Kier molecular flexibility index (Phi) is 6.79. The van der Waals surface area contributed by atoms with E-state index in [1.165, 1.54) is 12.1 Å². The second-order valence-corrected chi connectivity index (χ2v) is 6.55. The van der Waals surface area contributed by atoms with Crippen molar-refractivity contribution in [3.63, 3.8) is 0 Å². The van der Waals surface area contributed by atoms with Crippen molar-refractivity contribution >= 4 is 45.1 Å². The van der Waals surface area contributed by atoms with Gasteiger partial charge in [-0.25, -0.2) is 0 Å². The molecule has 0 bridgehead atoms. The topological polar surface area (TPSA) is 95.5 Å². The van der Waals surface area contributed by atoms with E-state index in [1.54, 1.807) is 12.1 Å². The summed E-state index contributed by atoms with van der Waals surface area (Å²) in [6.07, 6.45) is -4.32. The van der Waals surface area contributed by atoms with E-state index in [-0.39, 0.29) is 22.3 Å². The van der Waals surface area contributed by atoms with Crippen LogP contribution >= 0.6 is 15.9 Å². The Bertz CT molecular complexity index is 899. The van der Waals surface area contributed by atoms with Crippen LogP contribution in [-0.4, -0.2) is 22.9 Å². The van der Waals surface area contributed by atoms with Crippen LogP contribution in [0.15, 0.2) is 46.9 Å². The minimum atomic E-state index is -4.59. The number of hydrogen-bond acceptors (Lipinski definition) is 3. The molecule has 2 aromatic carbocycles. The van der Waals surface area contributed by atoms with E-state index >= 15 is 0 Å². The van der Waals surface area contributed by atoms with Crippen LogP contribution in [0.4, 0.5) is 24.5 Å². The predicted octanol–water partition coefficient (Wildman–Crippen LogP) is 4.06. The number of carbonyl (C=O) groups excluding carboxylic acids is 2. The molecule has 2 amide bonds. The third-order valence-electron chi connectivity index (χ3n) is 3.59. The molecule has 0 heterocycles. The number of alkyl halides is 3. The molecule has 0 spiro atoms. The SMILES string of the molecule is O=C(O)CCc1ccc(NC(=O)C(=O)Nc2cc(C(F)(F)F)ccc2Br)cc1. The van der Waals surface area contributed by atoms with E-state index in [0.717, 1.165) is 17.7 Å². The highest BCUT2D eigenvalue weighted by Gasteiger charge is 2.31. The molecule has 0 fully saturated rings. The molecule has 0 radical (unpaired) electrons. The quantitative estimate of drug-likeness (QED) is 0.588. The molecule has 0 saturated heterocycles. The lowest BCUT2D eigenvalue weighted by Crippen LogP contribution is -2.29. The largest absolute Gasteiger partial charge is 0.481 e. The number of aryl methyl sites for hydroxylation is 1. The maximum atomic E-state index is 12.8. The Labute approximate surface area is 165 Å². The molecule has 28 heavy (non-hydrogen) atoms. The van der Waals surface area contributed by atoms with Gasteiger partial charge in [-0.2, -0.15) is 13.2 Å². The number of nitrogens with one attached hydrogen (secondary N) is 2. The lowest BCUT2D eigenvalue weighted by molar-refractivity contribution is -0.138. The van der Waals surface area contributed by atoms with Gasteiger partial charge in [0.1, 0.15) is 0 Å². The number of halogens is 4. The predicted molar refractivity (Wildman–Crippen MR) is 98.8 cm³/mol. The molecule has 0 aliphatic heterocycles. The van der Waals surface area contributed by atoms with Gasteiger partial charge in [-0.3, -0.25) is 14.4 Å². The number of carboxylic acid groups (broad SMARTS) is 1. The summed E-state index contributed by atoms with van der Waals surface area (Å²) in [6, 6.07) is 8.84. The number of amides is 2. The lowest BCUT2D eigenvalue weighted by atomic mass is 10.1. The number of carbonyl (C=O) groups is 3. The summed E-state index contributed by atoms with van der Waals surface area (Å²) in [5.74, 6) is -3.15. The summed E-state index contributed by atoms with van der Waals surface area (Å²) < 4.78 is 38.5. The first-order chi connectivity index (χ1) is 13.1. The molecule has 0 aliphatic rings. The first-order valence-corrected chi connectivity index (χ1v) is 8.65. The first-order valence-electron chi connectivity index (χ1n) is 7.86. The average Bonchev–Trinajstić information content (AvgIpc) is 2.61. The fourth-order valence-electron chi connectivity index (χ4n) is 2.17. The average molecular weight is 459 g/mol. The van der Waals surface area contributed by atoms with Crippen LogP contribution in [-0.2, 0) is 27.0 Å². The molecule has 2 rings (SSSR count). The maximum absolute atomic E-state index is 12.8. The van der Waals surface area contributed by atoms with Gasteiger partial charge in [0, 0.05) is 16.6 Å². The van der Waals surface area contributed by atoms with E-state index in [2.05, 4.69) is 26.6 Å². The molecule has 148 valence electrons. The molecule has 3 N–H and O–H groups in total. The van der Waals surface area contributed by atoms with Gasteiger partial charge in [0.05, 0.1) is 11.3 Å². The minimum Gasteiger partial charge on any atom is -0.481 e. The number of carboxylic acids is 1. The molecule has 2 aromatic rings. The number of rotatable bonds is 5. The summed E-state index contributed by atoms with van der Waals surface area (Å²) in [4.78, 5) is 34.5. The standard InChI is InChI=1S/C18H14BrF3N2O4/c19-13-7-4-11(18(20,21)22)9-14(13)24-17(28)16(27)23-12-5-1-10(2-6-12)3-8-15(25)26/h1-2,4-7,9H,3,8H2,(H,23,27)(H,24,28)(H,25,26).